The number of carbonyl (C=O) groups excluding carboxylic acids is 2. The highest BCUT2D eigenvalue weighted by molar-refractivity contribution is 6.23. The lowest BCUT2D eigenvalue weighted by atomic mass is 9.90. The summed E-state index contributed by atoms with van der Waals surface area (Å²) in [5, 5.41) is 12.4. The molecular formula is C24H20N2O5. The van der Waals surface area contributed by atoms with Crippen molar-refractivity contribution >= 4 is 23.2 Å². The van der Waals surface area contributed by atoms with E-state index in [0.717, 1.165) is 0 Å². The molecule has 0 aromatic heterocycles. The van der Waals surface area contributed by atoms with Gasteiger partial charge in [-0.3, -0.25) is 14.4 Å². The van der Waals surface area contributed by atoms with Crippen LogP contribution in [0.2, 0.25) is 0 Å². The third-order valence-corrected chi connectivity index (χ3v) is 5.71. The fourth-order valence-electron chi connectivity index (χ4n) is 4.30. The van der Waals surface area contributed by atoms with E-state index >= 15 is 0 Å². The molecule has 0 spiro atoms. The molecule has 5 rings (SSSR count). The lowest BCUT2D eigenvalue weighted by molar-refractivity contribution is -0.126. The molecule has 0 unspecified atom stereocenters. The van der Waals surface area contributed by atoms with Crippen LogP contribution in [0, 0.1) is 5.92 Å². The number of hydrogen-bond acceptors (Lipinski definition) is 6. The van der Waals surface area contributed by atoms with Crippen LogP contribution in [0.25, 0.3) is 0 Å². The standard InChI is InChI=1S/C24H20N2O5/c1-30-18-14-8-13-17(21(18)27)20-19-22(31-26(20)16-11-6-3-7-12-16)24(29)25(23(19)28)15-9-4-2-5-10-15/h2-14,19-20,22,27H,1H3/t19-,20-,22+/m1/s1. The molecular weight excluding hydrogens is 396 g/mol. The zero-order chi connectivity index (χ0) is 21.5. The fraction of sp³-hybridized carbons (Fsp3) is 0.167. The Morgan fingerprint density at radius 3 is 2.13 bits per heavy atom. The van der Waals surface area contributed by atoms with Crippen molar-refractivity contribution in [1.82, 2.24) is 0 Å². The summed E-state index contributed by atoms with van der Waals surface area (Å²) in [6.45, 7) is 0. The van der Waals surface area contributed by atoms with Crippen LogP contribution < -0.4 is 14.7 Å². The van der Waals surface area contributed by atoms with E-state index in [2.05, 4.69) is 0 Å². The number of fused-ring (bicyclic) bond motifs is 1. The predicted molar refractivity (Wildman–Crippen MR) is 114 cm³/mol. The molecule has 156 valence electrons. The summed E-state index contributed by atoms with van der Waals surface area (Å²) in [5.41, 5.74) is 1.62. The Kier molecular flexibility index (Phi) is 4.60. The molecule has 1 N–H and O–H groups in total. The number of phenolic OH excluding ortho intramolecular Hbond substituents is 1. The smallest absolute Gasteiger partial charge is 0.266 e. The van der Waals surface area contributed by atoms with Gasteiger partial charge in [-0.15, -0.1) is 0 Å². The number of nitrogens with zero attached hydrogens (tertiary/aromatic N) is 2. The SMILES string of the molecule is COc1cccc([C@@H]2[C@H]3C(=O)N(c4ccccc4)C(=O)[C@H]3ON2c2ccccc2)c1O. The van der Waals surface area contributed by atoms with Gasteiger partial charge < -0.3 is 9.84 Å². The molecule has 2 fully saturated rings. The lowest BCUT2D eigenvalue weighted by Gasteiger charge is -2.29. The van der Waals surface area contributed by atoms with Gasteiger partial charge in [0, 0.05) is 5.56 Å². The number of anilines is 2. The molecule has 3 atom stereocenters. The molecule has 0 radical (unpaired) electrons. The van der Waals surface area contributed by atoms with Gasteiger partial charge in [0.25, 0.3) is 5.91 Å². The fourth-order valence-corrected chi connectivity index (χ4v) is 4.30. The Balaban J connectivity index is 1.63. The van der Waals surface area contributed by atoms with Gasteiger partial charge in [-0.1, -0.05) is 48.5 Å². The number of ether oxygens (including phenoxy) is 1. The molecule has 3 aromatic carbocycles. The number of benzene rings is 3. The van der Waals surface area contributed by atoms with Gasteiger partial charge in [-0.05, 0) is 30.3 Å². The number of hydrogen-bond donors (Lipinski definition) is 1. The Labute approximate surface area is 179 Å². The Bertz CT molecular complexity index is 1140. The summed E-state index contributed by atoms with van der Waals surface area (Å²) in [5.74, 6) is -1.42. The minimum absolute atomic E-state index is 0.0846. The summed E-state index contributed by atoms with van der Waals surface area (Å²) in [4.78, 5) is 34.0. The van der Waals surface area contributed by atoms with E-state index in [4.69, 9.17) is 9.57 Å². The Morgan fingerprint density at radius 1 is 0.839 bits per heavy atom. The number of imide groups is 1. The predicted octanol–water partition coefficient (Wildman–Crippen LogP) is 3.45. The molecule has 2 amide bonds. The maximum atomic E-state index is 13.5. The van der Waals surface area contributed by atoms with Gasteiger partial charge in [0.15, 0.2) is 17.6 Å². The highest BCUT2D eigenvalue weighted by atomic mass is 16.7. The normalized spacial score (nSPS) is 22.7. The minimum atomic E-state index is -0.997. The summed E-state index contributed by atoms with van der Waals surface area (Å²) in [6.07, 6.45) is -0.997. The van der Waals surface area contributed by atoms with E-state index in [1.165, 1.54) is 12.0 Å². The van der Waals surface area contributed by atoms with Gasteiger partial charge in [0.1, 0.15) is 12.0 Å². The number of aromatic hydroxyl groups is 1. The number of hydroxylamine groups is 1. The molecule has 31 heavy (non-hydrogen) atoms. The van der Waals surface area contributed by atoms with Gasteiger partial charge in [0.05, 0.1) is 18.5 Å². The van der Waals surface area contributed by atoms with E-state index < -0.39 is 24.0 Å². The van der Waals surface area contributed by atoms with Crippen LogP contribution in [0.1, 0.15) is 11.6 Å². The highest BCUT2D eigenvalue weighted by Crippen LogP contribution is 2.50. The molecule has 3 aromatic rings. The van der Waals surface area contributed by atoms with Crippen molar-refractivity contribution < 1.29 is 24.3 Å². The first-order chi connectivity index (χ1) is 15.1. The third-order valence-electron chi connectivity index (χ3n) is 5.71. The van der Waals surface area contributed by atoms with Crippen molar-refractivity contribution in [2.24, 2.45) is 5.92 Å². The van der Waals surface area contributed by atoms with Crippen molar-refractivity contribution in [3.63, 3.8) is 0 Å². The maximum Gasteiger partial charge on any atom is 0.266 e. The second kappa shape index (κ2) is 7.45. The summed E-state index contributed by atoms with van der Waals surface area (Å²) in [7, 11) is 1.46. The van der Waals surface area contributed by atoms with E-state index in [1.54, 1.807) is 47.5 Å². The van der Waals surface area contributed by atoms with Crippen molar-refractivity contribution in [2.75, 3.05) is 17.1 Å². The number of para-hydroxylation sites is 3. The molecule has 7 nitrogen and oxygen atoms in total. The monoisotopic (exact) mass is 416 g/mol. The topological polar surface area (TPSA) is 79.3 Å². The van der Waals surface area contributed by atoms with E-state index in [1.807, 2.05) is 36.4 Å². The molecule has 2 saturated heterocycles. The maximum absolute atomic E-state index is 13.5. The second-order valence-corrected chi connectivity index (χ2v) is 7.40. The zero-order valence-electron chi connectivity index (χ0n) is 16.7. The quantitative estimate of drug-likeness (QED) is 0.657. The molecule has 0 aliphatic carbocycles. The van der Waals surface area contributed by atoms with E-state index in [0.29, 0.717) is 16.9 Å². The van der Waals surface area contributed by atoms with Gasteiger partial charge >= 0.3 is 0 Å². The molecule has 0 saturated carbocycles. The third kappa shape index (κ3) is 2.93. The molecule has 0 bridgehead atoms. The van der Waals surface area contributed by atoms with Gasteiger partial charge in [0.2, 0.25) is 5.91 Å². The van der Waals surface area contributed by atoms with Crippen LogP contribution in [0.5, 0.6) is 11.5 Å². The van der Waals surface area contributed by atoms with E-state index in [-0.39, 0.29) is 17.4 Å². The first-order valence-electron chi connectivity index (χ1n) is 9.91. The number of phenols is 1. The Morgan fingerprint density at radius 2 is 1.48 bits per heavy atom. The first-order valence-corrected chi connectivity index (χ1v) is 9.91. The lowest BCUT2D eigenvalue weighted by Crippen LogP contribution is -2.37. The summed E-state index contributed by atoms with van der Waals surface area (Å²) in [6, 6.07) is 22.4. The van der Waals surface area contributed by atoms with Crippen LogP contribution in [-0.4, -0.2) is 30.1 Å². The average molecular weight is 416 g/mol. The first kappa shape index (κ1) is 19.1. The summed E-state index contributed by atoms with van der Waals surface area (Å²) < 4.78 is 5.26. The van der Waals surface area contributed by atoms with Crippen molar-refractivity contribution in [2.45, 2.75) is 12.1 Å². The average Bonchev–Trinajstić information content (AvgIpc) is 3.31. The van der Waals surface area contributed by atoms with Crippen LogP contribution in [-0.2, 0) is 14.4 Å². The van der Waals surface area contributed by atoms with Crippen molar-refractivity contribution in [1.29, 1.82) is 0 Å². The van der Waals surface area contributed by atoms with Crippen LogP contribution in [0.4, 0.5) is 11.4 Å². The molecule has 2 heterocycles. The van der Waals surface area contributed by atoms with Crippen molar-refractivity contribution in [3.8, 4) is 11.5 Å². The molecule has 2 aliphatic rings. The molecule has 7 heteroatoms. The number of carbonyl (C=O) groups is 2. The van der Waals surface area contributed by atoms with Gasteiger partial charge in [-0.25, -0.2) is 9.96 Å². The van der Waals surface area contributed by atoms with Gasteiger partial charge in [-0.2, -0.15) is 0 Å². The number of amides is 2. The zero-order valence-corrected chi connectivity index (χ0v) is 16.7. The number of methoxy groups -OCH3 is 1. The Hall–Kier alpha value is -3.84. The summed E-state index contributed by atoms with van der Waals surface area (Å²) >= 11 is 0. The van der Waals surface area contributed by atoms with Crippen molar-refractivity contribution in [3.05, 3.63) is 84.4 Å². The van der Waals surface area contributed by atoms with Crippen LogP contribution in [0.15, 0.2) is 78.9 Å². The molecule has 2 aliphatic heterocycles. The second-order valence-electron chi connectivity index (χ2n) is 7.40. The highest BCUT2D eigenvalue weighted by Gasteiger charge is 2.60. The van der Waals surface area contributed by atoms with Crippen LogP contribution in [0.3, 0.4) is 0 Å². The minimum Gasteiger partial charge on any atom is -0.504 e. The largest absolute Gasteiger partial charge is 0.504 e. The number of rotatable bonds is 4. The van der Waals surface area contributed by atoms with E-state index in [9.17, 15) is 14.7 Å². The van der Waals surface area contributed by atoms with Crippen LogP contribution >= 0.6 is 0 Å².